The Morgan fingerprint density at radius 1 is 1.00 bits per heavy atom. The first-order chi connectivity index (χ1) is 11.3. The molecule has 0 aromatic rings. The maximum atomic E-state index is 12.4. The molecule has 2 aliphatic heterocycles. The number of rotatable bonds is 3. The third kappa shape index (κ3) is 3.24. The summed E-state index contributed by atoms with van der Waals surface area (Å²) in [6.45, 7) is 9.22. The zero-order chi connectivity index (χ0) is 17.6. The summed E-state index contributed by atoms with van der Waals surface area (Å²) < 4.78 is 35.0. The fourth-order valence-corrected chi connectivity index (χ4v) is 6.89. The summed E-state index contributed by atoms with van der Waals surface area (Å²) in [7, 11) is 0.0411. The molecular weight excluding hydrogens is 328 g/mol. The average Bonchev–Trinajstić information content (AvgIpc) is 2.50. The predicted molar refractivity (Wildman–Crippen MR) is 94.3 cm³/mol. The predicted octanol–water partition coefficient (Wildman–Crippen LogP) is 0.0657. The molecule has 0 bridgehead atoms. The van der Waals surface area contributed by atoms with Crippen LogP contribution in [0.15, 0.2) is 0 Å². The molecule has 0 aromatic heterocycles. The van der Waals surface area contributed by atoms with E-state index >= 15 is 0 Å². The van der Waals surface area contributed by atoms with Gasteiger partial charge in [-0.15, -0.1) is 0 Å². The van der Waals surface area contributed by atoms with Crippen molar-refractivity contribution in [2.75, 3.05) is 53.6 Å². The van der Waals surface area contributed by atoms with Crippen LogP contribution in [-0.2, 0) is 10.1 Å². The van der Waals surface area contributed by atoms with Crippen LogP contribution in [0.25, 0.3) is 0 Å². The van der Waals surface area contributed by atoms with Crippen molar-refractivity contribution in [2.24, 2.45) is 11.8 Å². The molecular formula is C16H32N4O3S. The van der Waals surface area contributed by atoms with E-state index in [-0.39, 0.29) is 23.9 Å². The lowest BCUT2D eigenvalue weighted by Gasteiger charge is -2.58. The Morgan fingerprint density at radius 2 is 1.58 bits per heavy atom. The quantitative estimate of drug-likeness (QED) is 0.714. The smallest absolute Gasteiger partial charge is 0.269 e. The molecule has 5 unspecified atom stereocenters. The number of fused-ring (bicyclic) bond motifs is 2. The van der Waals surface area contributed by atoms with Crippen molar-refractivity contribution in [1.29, 1.82) is 0 Å². The van der Waals surface area contributed by atoms with Crippen LogP contribution < -0.4 is 0 Å². The summed E-state index contributed by atoms with van der Waals surface area (Å²) in [6.07, 6.45) is 1.02. The van der Waals surface area contributed by atoms with Crippen LogP contribution in [0.2, 0.25) is 0 Å². The van der Waals surface area contributed by atoms with Crippen molar-refractivity contribution in [2.45, 2.75) is 37.6 Å². The Labute approximate surface area is 146 Å². The second-order valence-electron chi connectivity index (χ2n) is 7.87. The van der Waals surface area contributed by atoms with Gasteiger partial charge in [0.2, 0.25) is 0 Å². The summed E-state index contributed by atoms with van der Waals surface area (Å²) >= 11 is 0. The molecule has 1 aliphatic carbocycles. The highest BCUT2D eigenvalue weighted by molar-refractivity contribution is 7.86. The van der Waals surface area contributed by atoms with Gasteiger partial charge in [-0.3, -0.25) is 24.2 Å². The van der Waals surface area contributed by atoms with Crippen LogP contribution >= 0.6 is 0 Å². The third-order valence-electron chi connectivity index (χ3n) is 6.24. The maximum Gasteiger partial charge on any atom is 0.269 e. The molecule has 24 heavy (non-hydrogen) atoms. The van der Waals surface area contributed by atoms with Crippen LogP contribution in [0.3, 0.4) is 0 Å². The third-order valence-corrected chi connectivity index (χ3v) is 7.56. The lowest BCUT2D eigenvalue weighted by Crippen LogP contribution is -2.71. The van der Waals surface area contributed by atoms with Gasteiger partial charge in [-0.2, -0.15) is 8.42 Å². The largest absolute Gasteiger partial charge is 0.293 e. The molecule has 0 amide bonds. The zero-order valence-corrected chi connectivity index (χ0v) is 16.1. The van der Waals surface area contributed by atoms with Gasteiger partial charge in [0.1, 0.15) is 5.25 Å². The minimum atomic E-state index is -4.10. The highest BCUT2D eigenvalue weighted by atomic mass is 32.2. The molecule has 0 spiro atoms. The van der Waals surface area contributed by atoms with Gasteiger partial charge in [0, 0.05) is 31.1 Å². The summed E-state index contributed by atoms with van der Waals surface area (Å²) in [5, 5.41) is -0.688. The van der Waals surface area contributed by atoms with Crippen molar-refractivity contribution in [3.63, 3.8) is 0 Å². The molecule has 140 valence electrons. The van der Waals surface area contributed by atoms with Crippen molar-refractivity contribution in [1.82, 2.24) is 19.6 Å². The Hall–Kier alpha value is -0.250. The molecule has 2 heterocycles. The molecule has 0 radical (unpaired) electrons. The fraction of sp³-hybridized carbons (Fsp3) is 1.00. The van der Waals surface area contributed by atoms with Crippen LogP contribution in [0, 0.1) is 11.8 Å². The Balaban J connectivity index is 2.01. The van der Waals surface area contributed by atoms with E-state index in [4.69, 9.17) is 0 Å². The SMILES string of the molecule is CCN1CN(C)CC2C1CC1CN(C)CN(CC)C1C2S(=O)(=O)O. The van der Waals surface area contributed by atoms with Gasteiger partial charge in [-0.05, 0) is 39.5 Å². The minimum Gasteiger partial charge on any atom is -0.293 e. The van der Waals surface area contributed by atoms with Crippen LogP contribution in [0.4, 0.5) is 0 Å². The first-order valence-electron chi connectivity index (χ1n) is 9.07. The second kappa shape index (κ2) is 6.81. The van der Waals surface area contributed by atoms with Gasteiger partial charge in [-0.25, -0.2) is 0 Å². The Kier molecular flexibility index (Phi) is 5.26. The Bertz CT molecular complexity index is 558. The van der Waals surface area contributed by atoms with Gasteiger partial charge in [0.25, 0.3) is 10.1 Å². The second-order valence-corrected chi connectivity index (χ2v) is 9.44. The highest BCUT2D eigenvalue weighted by Gasteiger charge is 2.55. The molecule has 1 N–H and O–H groups in total. The molecule has 1 saturated carbocycles. The highest BCUT2D eigenvalue weighted by Crippen LogP contribution is 2.42. The van der Waals surface area contributed by atoms with Crippen LogP contribution in [0.1, 0.15) is 20.3 Å². The van der Waals surface area contributed by atoms with Crippen LogP contribution in [-0.4, -0.2) is 104 Å². The van der Waals surface area contributed by atoms with Crippen LogP contribution in [0.5, 0.6) is 0 Å². The lowest BCUT2D eigenvalue weighted by atomic mass is 9.71. The monoisotopic (exact) mass is 360 g/mol. The first-order valence-corrected chi connectivity index (χ1v) is 10.6. The van der Waals surface area contributed by atoms with Gasteiger partial charge in [0.05, 0.1) is 13.3 Å². The molecule has 3 fully saturated rings. The number of nitrogens with zero attached hydrogens (tertiary/aromatic N) is 4. The van der Waals surface area contributed by atoms with Crippen molar-refractivity contribution in [3.8, 4) is 0 Å². The molecule has 8 heteroatoms. The average molecular weight is 361 g/mol. The van der Waals surface area contributed by atoms with Crippen molar-refractivity contribution < 1.29 is 13.0 Å². The number of hydrogen-bond acceptors (Lipinski definition) is 6. The lowest BCUT2D eigenvalue weighted by molar-refractivity contribution is -0.0805. The molecule has 0 aromatic carbocycles. The number of hydrogen-bond donors (Lipinski definition) is 1. The van der Waals surface area contributed by atoms with Crippen molar-refractivity contribution >= 4 is 10.1 Å². The molecule has 3 aliphatic rings. The zero-order valence-electron chi connectivity index (χ0n) is 15.3. The Morgan fingerprint density at radius 3 is 2.17 bits per heavy atom. The van der Waals surface area contributed by atoms with E-state index in [0.717, 1.165) is 45.9 Å². The van der Waals surface area contributed by atoms with E-state index < -0.39 is 15.4 Å². The van der Waals surface area contributed by atoms with E-state index in [1.54, 1.807) is 0 Å². The topological polar surface area (TPSA) is 67.3 Å². The standard InChI is InChI=1S/C16H32N4O3S/c1-5-19-10-18(4)9-13-14(19)7-12-8-17(3)11-20(6-2)15(12)16(13)24(21,22)23/h12-16H,5-11H2,1-4H3,(H,21,22,23). The van der Waals surface area contributed by atoms with E-state index in [1.807, 2.05) is 7.05 Å². The summed E-state index contributed by atoms with van der Waals surface area (Å²) in [6, 6.07) is 0.164. The fourth-order valence-electron chi connectivity index (χ4n) is 5.44. The van der Waals surface area contributed by atoms with E-state index in [0.29, 0.717) is 0 Å². The normalized spacial score (nSPS) is 40.3. The molecule has 2 saturated heterocycles. The minimum absolute atomic E-state index is 0.0302. The van der Waals surface area contributed by atoms with E-state index in [9.17, 15) is 13.0 Å². The summed E-state index contributed by atoms with van der Waals surface area (Å²) in [5.41, 5.74) is 0. The molecule has 5 atom stereocenters. The van der Waals surface area contributed by atoms with Crippen molar-refractivity contribution in [3.05, 3.63) is 0 Å². The van der Waals surface area contributed by atoms with Gasteiger partial charge in [-0.1, -0.05) is 13.8 Å². The van der Waals surface area contributed by atoms with E-state index in [1.165, 1.54) is 0 Å². The van der Waals surface area contributed by atoms with Gasteiger partial charge < -0.3 is 0 Å². The van der Waals surface area contributed by atoms with Gasteiger partial charge >= 0.3 is 0 Å². The summed E-state index contributed by atoms with van der Waals surface area (Å²) in [5.74, 6) is 0.256. The molecule has 3 rings (SSSR count). The molecule has 7 nitrogen and oxygen atoms in total. The van der Waals surface area contributed by atoms with Gasteiger partial charge in [0.15, 0.2) is 0 Å². The summed E-state index contributed by atoms with van der Waals surface area (Å²) in [4.78, 5) is 9.09. The van der Waals surface area contributed by atoms with E-state index in [2.05, 4.69) is 40.5 Å². The maximum absolute atomic E-state index is 12.4. The first kappa shape index (κ1) is 18.5.